The van der Waals surface area contributed by atoms with Gasteiger partial charge in [0, 0.05) is 13.0 Å². The van der Waals surface area contributed by atoms with Crippen molar-refractivity contribution in [2.45, 2.75) is 50.3 Å². The Labute approximate surface area is 264 Å². The third-order valence-corrected chi connectivity index (χ3v) is 8.63. The molecule has 1 unspecified atom stereocenters. The van der Waals surface area contributed by atoms with Crippen LogP contribution in [0.2, 0.25) is 0 Å². The number of nitrogens with two attached hydrogens (primary N) is 1. The molecular formula is C29H33BFN6O8P. The smallest absolute Gasteiger partial charge is 0.479 e. The van der Waals surface area contributed by atoms with Gasteiger partial charge in [-0.05, 0) is 36.5 Å². The van der Waals surface area contributed by atoms with Crippen molar-refractivity contribution < 1.29 is 41.6 Å². The molecule has 14 nitrogen and oxygen atoms in total. The van der Waals surface area contributed by atoms with Gasteiger partial charge in [-0.3, -0.25) is 13.9 Å². The van der Waals surface area contributed by atoms with Crippen LogP contribution < -0.4 is 21.3 Å². The maximum Gasteiger partial charge on any atom is 0.494 e. The van der Waals surface area contributed by atoms with E-state index < -0.39 is 39.4 Å². The summed E-state index contributed by atoms with van der Waals surface area (Å²) in [6.07, 6.45) is -0.111. The first kappa shape index (κ1) is 32.0. The molecule has 242 valence electrons. The zero-order chi connectivity index (χ0) is 32.3. The summed E-state index contributed by atoms with van der Waals surface area (Å²) < 4.78 is 63.0. The normalized spacial score (nSPS) is 23.0. The lowest BCUT2D eigenvalue weighted by molar-refractivity contribution is -0.121. The Morgan fingerprint density at radius 2 is 1.96 bits per heavy atom. The number of ether oxygens (including phenoxy) is 2. The lowest BCUT2D eigenvalue weighted by atomic mass is 9.79. The molecule has 0 saturated carbocycles. The molecule has 2 aromatic heterocycles. The second-order valence-electron chi connectivity index (χ2n) is 11.0. The van der Waals surface area contributed by atoms with Crippen molar-refractivity contribution in [3.8, 4) is 5.88 Å². The lowest BCUT2D eigenvalue weighted by Crippen LogP contribution is -2.42. The van der Waals surface area contributed by atoms with Crippen LogP contribution in [-0.4, -0.2) is 70.7 Å². The van der Waals surface area contributed by atoms with Crippen molar-refractivity contribution in [2.75, 3.05) is 26.1 Å². The molecule has 1 amide bonds. The number of carbonyl (C=O) groups is 1. The van der Waals surface area contributed by atoms with Crippen LogP contribution in [0.1, 0.15) is 31.6 Å². The van der Waals surface area contributed by atoms with Gasteiger partial charge in [-0.1, -0.05) is 42.5 Å². The monoisotopic (exact) mass is 654 g/mol. The predicted molar refractivity (Wildman–Crippen MR) is 165 cm³/mol. The molecule has 2 aliphatic heterocycles. The van der Waals surface area contributed by atoms with E-state index >= 15 is 0 Å². The maximum absolute atomic E-state index is 13.0. The van der Waals surface area contributed by atoms with Gasteiger partial charge in [0.05, 0.1) is 26.7 Å². The Balaban J connectivity index is 1.08. The summed E-state index contributed by atoms with van der Waals surface area (Å²) in [5.74, 6) is -0.335. The molecule has 2 fully saturated rings. The topological polar surface area (TPSA) is 171 Å². The molecule has 0 bridgehead atoms. The molecule has 0 aliphatic carbocycles. The summed E-state index contributed by atoms with van der Waals surface area (Å²) in [4.78, 5) is 25.0. The average Bonchev–Trinajstić information content (AvgIpc) is 3.71. The summed E-state index contributed by atoms with van der Waals surface area (Å²) >= 11 is 0. The third kappa shape index (κ3) is 6.77. The fourth-order valence-electron chi connectivity index (χ4n) is 5.54. The van der Waals surface area contributed by atoms with Crippen molar-refractivity contribution in [1.29, 1.82) is 0 Å². The van der Waals surface area contributed by atoms with Gasteiger partial charge in [-0.15, -0.1) is 0 Å². The van der Waals surface area contributed by atoms with E-state index in [-0.39, 0.29) is 49.7 Å². The molecule has 2 aliphatic rings. The number of hydrogen-bond donors (Lipinski definition) is 2. The van der Waals surface area contributed by atoms with Crippen LogP contribution in [0, 0.1) is 5.82 Å². The molecule has 46 heavy (non-hydrogen) atoms. The highest BCUT2D eigenvalue weighted by Crippen LogP contribution is 2.48. The quantitative estimate of drug-likeness (QED) is 0.123. The van der Waals surface area contributed by atoms with Gasteiger partial charge < -0.3 is 38.9 Å². The van der Waals surface area contributed by atoms with Gasteiger partial charge in [-0.2, -0.15) is 9.97 Å². The first-order valence-electron chi connectivity index (χ1n) is 14.6. The number of amides is 1. The Morgan fingerprint density at radius 3 is 2.72 bits per heavy atom. The SMILES string of the molecule is COc1nc(N)nc2c1ncn2[C@@H]1O[C@H](CO[PH](=O)OCCCC(=O)NCc2ccc(F)cc2)[C@H]2OB(c3ccccc3)O[C@]21C. The van der Waals surface area contributed by atoms with Crippen LogP contribution in [0.25, 0.3) is 11.2 Å². The number of halogens is 1. The molecule has 17 heteroatoms. The van der Waals surface area contributed by atoms with Crippen LogP contribution in [0.3, 0.4) is 0 Å². The van der Waals surface area contributed by atoms with Gasteiger partial charge in [0.1, 0.15) is 23.6 Å². The summed E-state index contributed by atoms with van der Waals surface area (Å²) in [6.45, 7) is 2.07. The molecular weight excluding hydrogens is 621 g/mol. The molecule has 2 saturated heterocycles. The minimum Gasteiger partial charge on any atom is -0.479 e. The highest BCUT2D eigenvalue weighted by atomic mass is 31.1. The van der Waals surface area contributed by atoms with Gasteiger partial charge in [0.15, 0.2) is 17.4 Å². The zero-order valence-electron chi connectivity index (χ0n) is 25.1. The van der Waals surface area contributed by atoms with Crippen molar-refractivity contribution in [1.82, 2.24) is 24.8 Å². The van der Waals surface area contributed by atoms with Crippen LogP contribution in [0.4, 0.5) is 10.3 Å². The van der Waals surface area contributed by atoms with Gasteiger partial charge in [0.2, 0.25) is 17.7 Å². The van der Waals surface area contributed by atoms with Crippen molar-refractivity contribution in [3.63, 3.8) is 0 Å². The summed E-state index contributed by atoms with van der Waals surface area (Å²) in [7, 11) is -2.17. The summed E-state index contributed by atoms with van der Waals surface area (Å²) in [6, 6.07) is 15.4. The Hall–Kier alpha value is -3.92. The molecule has 0 radical (unpaired) electrons. The minimum absolute atomic E-state index is 0.00228. The number of aromatic nitrogens is 4. The van der Waals surface area contributed by atoms with Gasteiger partial charge >= 0.3 is 15.4 Å². The average molecular weight is 654 g/mol. The molecule has 5 atom stereocenters. The number of imidazole rings is 1. The summed E-state index contributed by atoms with van der Waals surface area (Å²) in [5, 5.41) is 2.76. The number of nitrogens with zero attached hydrogens (tertiary/aromatic N) is 4. The molecule has 4 aromatic rings. The lowest BCUT2D eigenvalue weighted by Gasteiger charge is -2.29. The standard InChI is InChI=1S/C29H33BFN6O8P/c1-29-24(44-30(45-29)19-7-4-3-5-8-19)21(43-27(29)37-17-34-23-25(37)35-28(32)36-26(23)40-2)16-42-46(39)41-14-6-9-22(38)33-15-18-10-12-20(31)13-11-18/h3-5,7-8,10-13,17,21,24,27,46H,6,9,14-16H2,1-2H3,(H,33,38)(H2,32,35,36)/t21-,24-,27-,29-/m1/s1. The van der Waals surface area contributed by atoms with Crippen molar-refractivity contribution in [3.05, 3.63) is 72.3 Å². The number of hydrogen-bond acceptors (Lipinski definition) is 12. The predicted octanol–water partition coefficient (Wildman–Crippen LogP) is 2.54. The Morgan fingerprint density at radius 1 is 1.17 bits per heavy atom. The second kappa shape index (κ2) is 13.8. The van der Waals surface area contributed by atoms with Crippen molar-refractivity contribution in [2.24, 2.45) is 0 Å². The molecule has 3 N–H and O–H groups in total. The fourth-order valence-corrected chi connectivity index (χ4v) is 6.23. The number of nitrogens with one attached hydrogen (secondary N) is 1. The minimum atomic E-state index is -2.93. The Bertz CT molecular complexity index is 1700. The van der Waals surface area contributed by atoms with E-state index in [4.69, 9.17) is 33.6 Å². The highest BCUT2D eigenvalue weighted by Gasteiger charge is 2.63. The van der Waals surface area contributed by atoms with E-state index in [1.165, 1.54) is 19.2 Å². The third-order valence-electron chi connectivity index (χ3n) is 7.79. The maximum atomic E-state index is 13.0. The first-order valence-corrected chi connectivity index (χ1v) is 15.9. The van der Waals surface area contributed by atoms with E-state index in [2.05, 4.69) is 20.3 Å². The molecule has 2 aromatic carbocycles. The molecule has 4 heterocycles. The van der Waals surface area contributed by atoms with Crippen molar-refractivity contribution >= 4 is 43.9 Å². The number of fused-ring (bicyclic) bond motifs is 2. The van der Waals surface area contributed by atoms with E-state index in [9.17, 15) is 13.8 Å². The van der Waals surface area contributed by atoms with Crippen LogP contribution in [0.15, 0.2) is 60.9 Å². The van der Waals surface area contributed by atoms with E-state index in [1.54, 1.807) is 23.0 Å². The van der Waals surface area contributed by atoms with E-state index in [1.807, 2.05) is 37.3 Å². The second-order valence-corrected chi connectivity index (χ2v) is 12.0. The Kier molecular flexibility index (Phi) is 9.63. The largest absolute Gasteiger partial charge is 0.494 e. The van der Waals surface area contributed by atoms with E-state index in [0.717, 1.165) is 11.0 Å². The number of benzene rings is 2. The fraction of sp³-hybridized carbons (Fsp3) is 0.379. The molecule has 6 rings (SSSR count). The number of carbonyl (C=O) groups excluding carboxylic acids is 1. The number of nitrogen functional groups attached to an aromatic ring is 1. The number of methoxy groups -OCH3 is 1. The summed E-state index contributed by atoms with van der Waals surface area (Å²) in [5.41, 5.74) is 7.26. The van der Waals surface area contributed by atoms with Crippen LogP contribution >= 0.6 is 8.25 Å². The van der Waals surface area contributed by atoms with E-state index in [0.29, 0.717) is 17.6 Å². The first-order chi connectivity index (χ1) is 22.2. The van der Waals surface area contributed by atoms with Gasteiger partial charge in [0.25, 0.3) is 0 Å². The van der Waals surface area contributed by atoms with Crippen LogP contribution in [0.5, 0.6) is 5.88 Å². The zero-order valence-corrected chi connectivity index (χ0v) is 26.1. The highest BCUT2D eigenvalue weighted by molar-refractivity contribution is 7.33. The number of rotatable bonds is 13. The van der Waals surface area contributed by atoms with Gasteiger partial charge in [-0.25, -0.2) is 9.37 Å². The molecule has 0 spiro atoms. The van der Waals surface area contributed by atoms with Crippen LogP contribution in [-0.2, 0) is 39.0 Å². The number of anilines is 1.